The molecule has 3 rings (SSSR count). The Morgan fingerprint density at radius 1 is 1.25 bits per heavy atom. The van der Waals surface area contributed by atoms with Crippen molar-refractivity contribution in [2.24, 2.45) is 0 Å². The van der Waals surface area contributed by atoms with Gasteiger partial charge in [-0.2, -0.15) is 11.8 Å². The fraction of sp³-hybridized carbons (Fsp3) is 0.625. The van der Waals surface area contributed by atoms with E-state index in [4.69, 9.17) is 0 Å². The number of benzene rings is 1. The molecule has 4 heteroatoms. The summed E-state index contributed by atoms with van der Waals surface area (Å²) >= 11 is 5.87. The van der Waals surface area contributed by atoms with Gasteiger partial charge in [-0.15, -0.1) is 0 Å². The molecule has 1 aliphatic carbocycles. The number of rotatable bonds is 4. The third kappa shape index (κ3) is 3.71. The number of hydrogen-bond acceptors (Lipinski definition) is 3. The Morgan fingerprint density at radius 3 is 2.55 bits per heavy atom. The molecular formula is C16H23BrN2S. The molecule has 1 aromatic carbocycles. The first kappa shape index (κ1) is 14.7. The van der Waals surface area contributed by atoms with Crippen molar-refractivity contribution >= 4 is 33.4 Å². The van der Waals surface area contributed by atoms with E-state index in [0.717, 1.165) is 25.7 Å². The molecule has 1 aromatic rings. The van der Waals surface area contributed by atoms with Crippen molar-refractivity contribution in [2.45, 2.75) is 49.8 Å². The second kappa shape index (κ2) is 6.29. The molecule has 110 valence electrons. The summed E-state index contributed by atoms with van der Waals surface area (Å²) in [5, 5.41) is 5.00. The molecule has 20 heavy (non-hydrogen) atoms. The minimum atomic E-state index is 0.710. The lowest BCUT2D eigenvalue weighted by molar-refractivity contribution is 0.686. The molecule has 0 aromatic heterocycles. The average molecular weight is 355 g/mol. The van der Waals surface area contributed by atoms with E-state index in [1.54, 1.807) is 0 Å². The molecule has 1 aliphatic heterocycles. The average Bonchev–Trinajstić information content (AvgIpc) is 3.19. The van der Waals surface area contributed by atoms with Crippen LogP contribution in [0.1, 0.15) is 32.3 Å². The van der Waals surface area contributed by atoms with E-state index in [1.165, 1.54) is 28.6 Å². The Morgan fingerprint density at radius 2 is 1.95 bits per heavy atom. The van der Waals surface area contributed by atoms with Gasteiger partial charge in [-0.3, -0.25) is 0 Å². The number of hydrogen-bond donors (Lipinski definition) is 1. The van der Waals surface area contributed by atoms with Crippen LogP contribution < -0.4 is 10.2 Å². The van der Waals surface area contributed by atoms with Gasteiger partial charge in [-0.05, 0) is 46.5 Å². The highest BCUT2D eigenvalue weighted by Crippen LogP contribution is 2.33. The topological polar surface area (TPSA) is 15.3 Å². The molecule has 0 bridgehead atoms. The third-order valence-electron chi connectivity index (χ3n) is 3.94. The number of nitrogens with zero attached hydrogens (tertiary/aromatic N) is 1. The van der Waals surface area contributed by atoms with Crippen LogP contribution in [0.5, 0.6) is 0 Å². The Kier molecular flexibility index (Phi) is 4.63. The van der Waals surface area contributed by atoms with Crippen LogP contribution in [0.25, 0.3) is 0 Å². The molecule has 0 radical (unpaired) electrons. The van der Waals surface area contributed by atoms with Gasteiger partial charge in [0.15, 0.2) is 0 Å². The van der Waals surface area contributed by atoms with Crippen molar-refractivity contribution in [3.05, 3.63) is 28.2 Å². The zero-order chi connectivity index (χ0) is 14.1. The second-order valence-electron chi connectivity index (χ2n) is 6.10. The summed E-state index contributed by atoms with van der Waals surface area (Å²) in [6.07, 6.45) is 2.70. The minimum Gasteiger partial charge on any atom is -0.368 e. The van der Waals surface area contributed by atoms with Crippen molar-refractivity contribution in [1.29, 1.82) is 0 Å². The molecule has 2 atom stereocenters. The Hall–Kier alpha value is -0.190. The summed E-state index contributed by atoms with van der Waals surface area (Å²) in [5.74, 6) is 0. The molecule has 0 spiro atoms. The van der Waals surface area contributed by atoms with Crippen molar-refractivity contribution in [1.82, 2.24) is 5.32 Å². The van der Waals surface area contributed by atoms with Gasteiger partial charge in [-0.25, -0.2) is 0 Å². The third-order valence-corrected chi connectivity index (χ3v) is 5.81. The van der Waals surface area contributed by atoms with E-state index in [-0.39, 0.29) is 0 Å². The van der Waals surface area contributed by atoms with Gasteiger partial charge in [0, 0.05) is 40.6 Å². The Bertz CT molecular complexity index is 466. The van der Waals surface area contributed by atoms with Crippen LogP contribution in [-0.2, 0) is 6.54 Å². The first-order chi connectivity index (χ1) is 9.61. The molecule has 1 saturated heterocycles. The minimum absolute atomic E-state index is 0.710. The number of halogens is 1. The van der Waals surface area contributed by atoms with E-state index >= 15 is 0 Å². The van der Waals surface area contributed by atoms with Crippen molar-refractivity contribution in [3.8, 4) is 0 Å². The zero-order valence-electron chi connectivity index (χ0n) is 12.2. The monoisotopic (exact) mass is 354 g/mol. The smallest absolute Gasteiger partial charge is 0.0511 e. The van der Waals surface area contributed by atoms with Gasteiger partial charge in [0.2, 0.25) is 0 Å². The molecule has 0 amide bonds. The zero-order valence-corrected chi connectivity index (χ0v) is 14.6. The van der Waals surface area contributed by atoms with E-state index in [9.17, 15) is 0 Å². The van der Waals surface area contributed by atoms with Crippen LogP contribution in [0.2, 0.25) is 0 Å². The Balaban J connectivity index is 1.69. The maximum Gasteiger partial charge on any atom is 0.0511 e. The van der Waals surface area contributed by atoms with Gasteiger partial charge in [-0.1, -0.05) is 19.9 Å². The summed E-state index contributed by atoms with van der Waals surface area (Å²) in [6.45, 7) is 7.94. The molecule has 2 aliphatic rings. The van der Waals surface area contributed by atoms with E-state index in [1.807, 2.05) is 0 Å². The summed E-state index contributed by atoms with van der Waals surface area (Å²) in [7, 11) is 0. The van der Waals surface area contributed by atoms with Gasteiger partial charge >= 0.3 is 0 Å². The molecule has 2 fully saturated rings. The number of nitrogens with one attached hydrogen (secondary N) is 1. The normalized spacial score (nSPS) is 26.9. The second-order valence-corrected chi connectivity index (χ2v) is 8.84. The lowest BCUT2D eigenvalue weighted by Gasteiger charge is -2.36. The maximum atomic E-state index is 3.77. The van der Waals surface area contributed by atoms with E-state index < -0.39 is 0 Å². The van der Waals surface area contributed by atoms with Crippen molar-refractivity contribution in [3.63, 3.8) is 0 Å². The molecule has 2 nitrogen and oxygen atoms in total. The SMILES string of the molecule is CC1CN(c2ccc(CNC3CC3)cc2Br)CC(C)S1. The van der Waals surface area contributed by atoms with Crippen LogP contribution in [0, 0.1) is 0 Å². The van der Waals surface area contributed by atoms with Gasteiger partial charge < -0.3 is 10.2 Å². The molecule has 1 N–H and O–H groups in total. The lowest BCUT2D eigenvalue weighted by Crippen LogP contribution is -2.40. The highest BCUT2D eigenvalue weighted by molar-refractivity contribution is 9.10. The summed E-state index contributed by atoms with van der Waals surface area (Å²) in [6, 6.07) is 7.60. The molecule has 1 saturated carbocycles. The highest BCUT2D eigenvalue weighted by Gasteiger charge is 2.24. The predicted octanol–water partition coefficient (Wildman–Crippen LogP) is 4.03. The lowest BCUT2D eigenvalue weighted by atomic mass is 10.1. The van der Waals surface area contributed by atoms with Crippen LogP contribution in [0.4, 0.5) is 5.69 Å². The van der Waals surface area contributed by atoms with E-state index in [2.05, 4.69) is 70.0 Å². The Labute approximate surface area is 134 Å². The summed E-state index contributed by atoms with van der Waals surface area (Å²) in [4.78, 5) is 2.52. The molecule has 2 unspecified atom stereocenters. The summed E-state index contributed by atoms with van der Waals surface area (Å²) < 4.78 is 1.24. The largest absolute Gasteiger partial charge is 0.368 e. The number of thioether (sulfide) groups is 1. The van der Waals surface area contributed by atoms with E-state index in [0.29, 0.717) is 10.5 Å². The molecular weight excluding hydrogens is 332 g/mol. The maximum absolute atomic E-state index is 3.77. The highest BCUT2D eigenvalue weighted by atomic mass is 79.9. The summed E-state index contributed by atoms with van der Waals surface area (Å²) in [5.41, 5.74) is 2.72. The van der Waals surface area contributed by atoms with Crippen LogP contribution in [0.15, 0.2) is 22.7 Å². The standard InChI is InChI=1S/C16H23BrN2S/c1-11-9-19(10-12(2)20-11)16-6-3-13(7-15(16)17)8-18-14-4-5-14/h3,6-7,11-12,14,18H,4-5,8-10H2,1-2H3. The van der Waals surface area contributed by atoms with Crippen molar-refractivity contribution < 1.29 is 0 Å². The quantitative estimate of drug-likeness (QED) is 0.878. The van der Waals surface area contributed by atoms with Gasteiger partial charge in [0.1, 0.15) is 0 Å². The molecule has 1 heterocycles. The number of anilines is 1. The fourth-order valence-electron chi connectivity index (χ4n) is 2.84. The van der Waals surface area contributed by atoms with Crippen LogP contribution in [-0.4, -0.2) is 29.6 Å². The fourth-order valence-corrected chi connectivity index (χ4v) is 4.84. The predicted molar refractivity (Wildman–Crippen MR) is 92.7 cm³/mol. The van der Waals surface area contributed by atoms with Gasteiger partial charge in [0.25, 0.3) is 0 Å². The van der Waals surface area contributed by atoms with Crippen LogP contribution in [0.3, 0.4) is 0 Å². The first-order valence-corrected chi connectivity index (χ1v) is 9.27. The van der Waals surface area contributed by atoms with Gasteiger partial charge in [0.05, 0.1) is 5.69 Å². The van der Waals surface area contributed by atoms with Crippen molar-refractivity contribution in [2.75, 3.05) is 18.0 Å². The first-order valence-electron chi connectivity index (χ1n) is 7.54. The van der Waals surface area contributed by atoms with Crippen LogP contribution >= 0.6 is 27.7 Å².